The molecule has 0 saturated carbocycles. The van der Waals surface area contributed by atoms with E-state index in [9.17, 15) is 4.79 Å². The van der Waals surface area contributed by atoms with Crippen LogP contribution in [-0.4, -0.2) is 20.1 Å². The van der Waals surface area contributed by atoms with Crippen LogP contribution in [-0.2, 0) is 0 Å². The average Bonchev–Trinajstić information content (AvgIpc) is 2.46. The van der Waals surface area contributed by atoms with Crippen molar-refractivity contribution < 1.29 is 9.53 Å². The smallest absolute Gasteiger partial charge is 0.261 e. The molecule has 0 fully saturated rings. The molecule has 19 heavy (non-hydrogen) atoms. The zero-order chi connectivity index (χ0) is 13.8. The number of nitrogen functional groups attached to an aromatic ring is 1. The number of hydrogen-bond acceptors (Lipinski definition) is 3. The molecule has 0 aliphatic carbocycles. The fraction of sp³-hybridized carbons (Fsp3) is 0.133. The first-order chi connectivity index (χ1) is 9.15. The number of amides is 1. The maximum Gasteiger partial charge on any atom is 0.261 e. The Hall–Kier alpha value is -2.49. The highest BCUT2D eigenvalue weighted by molar-refractivity contribution is 6.08. The molecule has 0 radical (unpaired) electrons. The third-order valence-corrected chi connectivity index (χ3v) is 2.94. The van der Waals surface area contributed by atoms with E-state index in [2.05, 4.69) is 0 Å². The van der Waals surface area contributed by atoms with E-state index >= 15 is 0 Å². The lowest BCUT2D eigenvalue weighted by Crippen LogP contribution is -2.27. The van der Waals surface area contributed by atoms with Crippen molar-refractivity contribution in [1.82, 2.24) is 0 Å². The quantitative estimate of drug-likeness (QED) is 0.859. The van der Waals surface area contributed by atoms with Crippen LogP contribution < -0.4 is 15.4 Å². The first kappa shape index (κ1) is 13.0. The van der Waals surface area contributed by atoms with Crippen LogP contribution in [0.4, 0.5) is 11.4 Å². The monoisotopic (exact) mass is 256 g/mol. The van der Waals surface area contributed by atoms with Crippen molar-refractivity contribution in [1.29, 1.82) is 0 Å². The Morgan fingerprint density at radius 3 is 2.42 bits per heavy atom. The molecule has 0 heterocycles. The molecule has 2 N–H and O–H groups in total. The second-order valence-electron chi connectivity index (χ2n) is 4.12. The molecule has 4 nitrogen and oxygen atoms in total. The average molecular weight is 256 g/mol. The number of nitrogens with two attached hydrogens (primary N) is 1. The van der Waals surface area contributed by atoms with Gasteiger partial charge in [-0.1, -0.05) is 24.3 Å². The van der Waals surface area contributed by atoms with Gasteiger partial charge in [-0.15, -0.1) is 0 Å². The minimum Gasteiger partial charge on any atom is -0.496 e. The molecule has 0 saturated heterocycles. The van der Waals surface area contributed by atoms with Crippen molar-refractivity contribution in [2.75, 3.05) is 24.8 Å². The molecule has 0 aliphatic rings. The van der Waals surface area contributed by atoms with Gasteiger partial charge in [0, 0.05) is 7.05 Å². The summed E-state index contributed by atoms with van der Waals surface area (Å²) in [5.74, 6) is 0.393. The summed E-state index contributed by atoms with van der Waals surface area (Å²) >= 11 is 0. The number of hydrogen-bond donors (Lipinski definition) is 1. The lowest BCUT2D eigenvalue weighted by atomic mass is 10.1. The zero-order valence-corrected chi connectivity index (χ0v) is 11.0. The van der Waals surface area contributed by atoms with Crippen molar-refractivity contribution in [2.24, 2.45) is 0 Å². The summed E-state index contributed by atoms with van der Waals surface area (Å²) in [6.45, 7) is 0. The van der Waals surface area contributed by atoms with Gasteiger partial charge in [0.25, 0.3) is 5.91 Å². The van der Waals surface area contributed by atoms with Gasteiger partial charge in [0.15, 0.2) is 0 Å². The Kier molecular flexibility index (Phi) is 3.71. The second-order valence-corrected chi connectivity index (χ2v) is 4.12. The van der Waals surface area contributed by atoms with Crippen molar-refractivity contribution in [3.05, 3.63) is 54.1 Å². The lowest BCUT2D eigenvalue weighted by Gasteiger charge is -2.20. The molecule has 2 rings (SSSR count). The van der Waals surface area contributed by atoms with Gasteiger partial charge in [-0.05, 0) is 24.3 Å². The first-order valence-electron chi connectivity index (χ1n) is 5.90. The number of para-hydroxylation sites is 3. The Morgan fingerprint density at radius 1 is 1.11 bits per heavy atom. The van der Waals surface area contributed by atoms with Gasteiger partial charge < -0.3 is 15.4 Å². The van der Waals surface area contributed by atoms with E-state index < -0.39 is 0 Å². The maximum absolute atomic E-state index is 12.5. The highest BCUT2D eigenvalue weighted by Gasteiger charge is 2.18. The normalized spacial score (nSPS) is 10.0. The molecular weight excluding hydrogens is 240 g/mol. The molecule has 98 valence electrons. The summed E-state index contributed by atoms with van der Waals surface area (Å²) in [5.41, 5.74) is 7.63. The van der Waals surface area contributed by atoms with Crippen LogP contribution in [0, 0.1) is 0 Å². The van der Waals surface area contributed by atoms with Gasteiger partial charge in [0.1, 0.15) is 5.75 Å². The van der Waals surface area contributed by atoms with Crippen LogP contribution in [0.2, 0.25) is 0 Å². The third-order valence-electron chi connectivity index (χ3n) is 2.94. The molecule has 0 atom stereocenters. The van der Waals surface area contributed by atoms with Crippen molar-refractivity contribution in [3.8, 4) is 5.75 Å². The SMILES string of the molecule is COc1ccccc1C(=O)N(C)c1ccccc1N. The van der Waals surface area contributed by atoms with Gasteiger partial charge in [0.2, 0.25) is 0 Å². The molecule has 0 unspecified atom stereocenters. The van der Waals surface area contributed by atoms with E-state index in [-0.39, 0.29) is 5.91 Å². The van der Waals surface area contributed by atoms with Crippen LogP contribution in [0.1, 0.15) is 10.4 Å². The highest BCUT2D eigenvalue weighted by Crippen LogP contribution is 2.25. The van der Waals surface area contributed by atoms with Crippen LogP contribution >= 0.6 is 0 Å². The van der Waals surface area contributed by atoms with Gasteiger partial charge in [-0.2, -0.15) is 0 Å². The largest absolute Gasteiger partial charge is 0.496 e. The van der Waals surface area contributed by atoms with E-state index in [1.165, 1.54) is 4.90 Å². The Balaban J connectivity index is 2.37. The standard InChI is InChI=1S/C15H16N2O2/c1-17(13-9-5-4-8-12(13)16)15(18)11-7-3-6-10-14(11)19-2/h3-10H,16H2,1-2H3. The maximum atomic E-state index is 12.5. The van der Waals surface area contributed by atoms with E-state index in [0.29, 0.717) is 22.7 Å². The topological polar surface area (TPSA) is 55.6 Å². The van der Waals surface area contributed by atoms with E-state index in [4.69, 9.17) is 10.5 Å². The van der Waals surface area contributed by atoms with Gasteiger partial charge >= 0.3 is 0 Å². The fourth-order valence-corrected chi connectivity index (χ4v) is 1.90. The summed E-state index contributed by atoms with van der Waals surface area (Å²) in [4.78, 5) is 14.0. The van der Waals surface area contributed by atoms with Crippen LogP contribution in [0.5, 0.6) is 5.75 Å². The molecule has 0 bridgehead atoms. The van der Waals surface area contributed by atoms with Crippen LogP contribution in [0.3, 0.4) is 0 Å². The Labute approximate surface area is 112 Å². The Morgan fingerprint density at radius 2 is 1.74 bits per heavy atom. The fourth-order valence-electron chi connectivity index (χ4n) is 1.90. The number of carbonyl (C=O) groups excluding carboxylic acids is 1. The van der Waals surface area contributed by atoms with Gasteiger partial charge in [0.05, 0.1) is 24.0 Å². The van der Waals surface area contributed by atoms with Crippen molar-refractivity contribution in [3.63, 3.8) is 0 Å². The van der Waals surface area contributed by atoms with Gasteiger partial charge in [-0.3, -0.25) is 4.79 Å². The highest BCUT2D eigenvalue weighted by atomic mass is 16.5. The minimum absolute atomic E-state index is 0.157. The number of benzene rings is 2. The summed E-state index contributed by atoms with van der Waals surface area (Å²) in [6.07, 6.45) is 0. The minimum atomic E-state index is -0.157. The van der Waals surface area contributed by atoms with E-state index in [1.54, 1.807) is 38.4 Å². The summed E-state index contributed by atoms with van der Waals surface area (Å²) < 4.78 is 5.20. The van der Waals surface area contributed by atoms with E-state index in [0.717, 1.165) is 0 Å². The molecule has 0 aliphatic heterocycles. The zero-order valence-electron chi connectivity index (χ0n) is 11.0. The summed E-state index contributed by atoms with van der Waals surface area (Å²) in [6, 6.07) is 14.4. The molecule has 0 aromatic heterocycles. The predicted octanol–water partition coefficient (Wildman–Crippen LogP) is 2.55. The number of carbonyl (C=O) groups is 1. The third kappa shape index (κ3) is 2.52. The second kappa shape index (κ2) is 5.44. The van der Waals surface area contributed by atoms with Crippen molar-refractivity contribution >= 4 is 17.3 Å². The number of ether oxygens (including phenoxy) is 1. The first-order valence-corrected chi connectivity index (χ1v) is 5.90. The number of anilines is 2. The summed E-state index contributed by atoms with van der Waals surface area (Å²) in [7, 11) is 3.24. The lowest BCUT2D eigenvalue weighted by molar-refractivity contribution is 0.0990. The summed E-state index contributed by atoms with van der Waals surface area (Å²) in [5, 5.41) is 0. The number of nitrogens with zero attached hydrogens (tertiary/aromatic N) is 1. The van der Waals surface area contributed by atoms with E-state index in [1.807, 2.05) is 24.3 Å². The molecule has 2 aromatic rings. The van der Waals surface area contributed by atoms with Gasteiger partial charge in [-0.25, -0.2) is 0 Å². The van der Waals surface area contributed by atoms with Crippen LogP contribution in [0.25, 0.3) is 0 Å². The van der Waals surface area contributed by atoms with Crippen molar-refractivity contribution in [2.45, 2.75) is 0 Å². The molecule has 0 spiro atoms. The molecule has 2 aromatic carbocycles. The number of methoxy groups -OCH3 is 1. The molecular formula is C15H16N2O2. The predicted molar refractivity (Wildman–Crippen MR) is 76.6 cm³/mol. The van der Waals surface area contributed by atoms with Crippen LogP contribution in [0.15, 0.2) is 48.5 Å². The number of rotatable bonds is 3. The Bertz CT molecular complexity index is 596. The molecule has 1 amide bonds. The molecule has 4 heteroatoms.